The van der Waals surface area contributed by atoms with Crippen molar-refractivity contribution in [3.05, 3.63) is 23.7 Å². The summed E-state index contributed by atoms with van der Waals surface area (Å²) in [6, 6.07) is 3.47. The van der Waals surface area contributed by atoms with Crippen LogP contribution in [-0.2, 0) is 4.74 Å². The van der Waals surface area contributed by atoms with E-state index >= 15 is 0 Å². The van der Waals surface area contributed by atoms with Gasteiger partial charge in [0, 0.05) is 0 Å². The number of ether oxygens (including phenoxy) is 1. The molecule has 0 aliphatic rings. The lowest BCUT2D eigenvalue weighted by Gasteiger charge is -2.24. The number of hydrogen-bond acceptors (Lipinski definition) is 8. The summed E-state index contributed by atoms with van der Waals surface area (Å²) in [5, 5.41) is 41.5. The minimum Gasteiger partial charge on any atom is -0.394 e. The smallest absolute Gasteiger partial charge is 0.152 e. The zero-order chi connectivity index (χ0) is 16.3. The van der Waals surface area contributed by atoms with E-state index in [0.29, 0.717) is 11.2 Å². The maximum atomic E-state index is 9.56. The fourth-order valence-electron chi connectivity index (χ4n) is 2.13. The zero-order valence-electron chi connectivity index (χ0n) is 11.9. The largest absolute Gasteiger partial charge is 0.394 e. The molecule has 118 valence electrons. The number of aliphatic hydroxyl groups excluding tert-OH is 3. The molecule has 3 atom stereocenters. The summed E-state index contributed by atoms with van der Waals surface area (Å²) < 4.78 is 6.88. The molecule has 2 aromatic heterocycles. The van der Waals surface area contributed by atoms with Crippen molar-refractivity contribution in [2.45, 2.75) is 25.2 Å². The van der Waals surface area contributed by atoms with Crippen molar-refractivity contribution in [3.8, 4) is 6.07 Å². The first-order valence-corrected chi connectivity index (χ1v) is 6.60. The highest BCUT2D eigenvalue weighted by Gasteiger charge is 2.25. The van der Waals surface area contributed by atoms with Crippen LogP contribution in [0.25, 0.3) is 5.52 Å². The lowest BCUT2D eigenvalue weighted by Crippen LogP contribution is -2.32. The first-order valence-electron chi connectivity index (χ1n) is 6.60. The molecule has 0 unspecified atom stereocenters. The number of anilines is 1. The fraction of sp³-hybridized carbons (Fsp3) is 0.462. The molecule has 0 aliphatic heterocycles. The third kappa shape index (κ3) is 2.86. The van der Waals surface area contributed by atoms with Crippen LogP contribution in [0.5, 0.6) is 0 Å². The van der Waals surface area contributed by atoms with Gasteiger partial charge in [-0.3, -0.25) is 0 Å². The van der Waals surface area contributed by atoms with Crippen LogP contribution in [0.15, 0.2) is 12.4 Å². The van der Waals surface area contributed by atoms with E-state index in [1.807, 2.05) is 6.07 Å². The molecule has 0 radical (unpaired) electrons. The zero-order valence-corrected chi connectivity index (χ0v) is 11.9. The highest BCUT2D eigenvalue weighted by Crippen LogP contribution is 2.26. The van der Waals surface area contributed by atoms with Crippen molar-refractivity contribution in [2.75, 3.05) is 18.9 Å². The highest BCUT2D eigenvalue weighted by atomic mass is 16.5. The minimum atomic E-state index is -0.930. The number of nitriles is 1. The highest BCUT2D eigenvalue weighted by molar-refractivity contribution is 5.74. The number of nitrogen functional groups attached to an aromatic ring is 1. The number of nitrogens with zero attached hydrogens (tertiary/aromatic N) is 4. The maximum absolute atomic E-state index is 9.56. The second kappa shape index (κ2) is 6.67. The summed E-state index contributed by atoms with van der Waals surface area (Å²) in [4.78, 5) is 3.83. The SMILES string of the molecule is C[C@H](O)[C@@H](CO)O[C@H](CO)c1cc(C#N)c2c(N)ncnn12. The van der Waals surface area contributed by atoms with E-state index in [9.17, 15) is 20.6 Å². The van der Waals surface area contributed by atoms with Gasteiger partial charge >= 0.3 is 0 Å². The molecule has 0 aliphatic carbocycles. The second-order valence-electron chi connectivity index (χ2n) is 4.77. The Morgan fingerprint density at radius 2 is 2.18 bits per heavy atom. The van der Waals surface area contributed by atoms with Crippen LogP contribution in [0, 0.1) is 11.3 Å². The molecule has 9 heteroatoms. The first kappa shape index (κ1) is 16.1. The van der Waals surface area contributed by atoms with Crippen molar-refractivity contribution in [2.24, 2.45) is 0 Å². The van der Waals surface area contributed by atoms with E-state index in [1.165, 1.54) is 23.8 Å². The van der Waals surface area contributed by atoms with Gasteiger partial charge in [0.1, 0.15) is 30.1 Å². The molecule has 0 amide bonds. The number of fused-ring (bicyclic) bond motifs is 1. The molecule has 22 heavy (non-hydrogen) atoms. The fourth-order valence-corrected chi connectivity index (χ4v) is 2.13. The molecule has 0 saturated heterocycles. The van der Waals surface area contributed by atoms with E-state index in [2.05, 4.69) is 10.1 Å². The van der Waals surface area contributed by atoms with Gasteiger partial charge in [-0.05, 0) is 13.0 Å². The average Bonchev–Trinajstić information content (AvgIpc) is 2.88. The molecule has 0 bridgehead atoms. The Morgan fingerprint density at radius 3 is 2.73 bits per heavy atom. The van der Waals surface area contributed by atoms with E-state index in [0.717, 1.165) is 0 Å². The topological polar surface area (TPSA) is 150 Å². The molecule has 0 saturated carbocycles. The molecule has 5 N–H and O–H groups in total. The Labute approximate surface area is 126 Å². The van der Waals surface area contributed by atoms with Crippen LogP contribution >= 0.6 is 0 Å². The van der Waals surface area contributed by atoms with Gasteiger partial charge in [-0.15, -0.1) is 0 Å². The van der Waals surface area contributed by atoms with Crippen molar-refractivity contribution in [1.82, 2.24) is 14.6 Å². The van der Waals surface area contributed by atoms with Gasteiger partial charge in [0.15, 0.2) is 5.82 Å². The van der Waals surface area contributed by atoms with Gasteiger partial charge in [-0.2, -0.15) is 10.4 Å². The average molecular weight is 307 g/mol. The summed E-state index contributed by atoms with van der Waals surface area (Å²) in [5.74, 6) is 0.128. The lowest BCUT2D eigenvalue weighted by atomic mass is 10.2. The molecule has 9 nitrogen and oxygen atoms in total. The number of rotatable bonds is 6. The van der Waals surface area contributed by atoms with Gasteiger partial charge in [0.05, 0.1) is 30.6 Å². The number of aromatic nitrogens is 3. The number of nitrogens with two attached hydrogens (primary N) is 1. The molecular formula is C13H17N5O4. The maximum Gasteiger partial charge on any atom is 0.152 e. The Balaban J connectivity index is 2.48. The van der Waals surface area contributed by atoms with E-state index in [1.54, 1.807) is 0 Å². The van der Waals surface area contributed by atoms with Crippen LogP contribution in [0.4, 0.5) is 5.82 Å². The third-order valence-electron chi connectivity index (χ3n) is 3.28. The standard InChI is InChI=1S/C13H17N5O4/c1-7(21)10(4-19)22-11(5-20)9-2-8(3-14)12-13(15)16-6-17-18(9)12/h2,6-7,10-11,19-21H,4-5H2,1H3,(H2,15,16,17)/t7-,10+,11+/m0/s1. The Kier molecular flexibility index (Phi) is 4.89. The molecule has 0 fully saturated rings. The van der Waals surface area contributed by atoms with E-state index < -0.39 is 31.5 Å². The van der Waals surface area contributed by atoms with Crippen LogP contribution < -0.4 is 5.73 Å². The van der Waals surface area contributed by atoms with Crippen LogP contribution in [-0.4, -0.2) is 55.3 Å². The Hall–Kier alpha value is -2.25. The molecule has 2 rings (SSSR count). The normalized spacial score (nSPS) is 15.4. The van der Waals surface area contributed by atoms with Crippen molar-refractivity contribution < 1.29 is 20.1 Å². The molecule has 0 aromatic carbocycles. The van der Waals surface area contributed by atoms with Crippen molar-refractivity contribution in [1.29, 1.82) is 5.26 Å². The Morgan fingerprint density at radius 1 is 1.45 bits per heavy atom. The predicted molar refractivity (Wildman–Crippen MR) is 75.6 cm³/mol. The number of aliphatic hydroxyl groups is 3. The van der Waals surface area contributed by atoms with Gasteiger partial charge in [0.25, 0.3) is 0 Å². The summed E-state index contributed by atoms with van der Waals surface area (Å²) in [6.07, 6.45) is -1.48. The third-order valence-corrected chi connectivity index (χ3v) is 3.28. The lowest BCUT2D eigenvalue weighted by molar-refractivity contribution is -0.109. The summed E-state index contributed by atoms with van der Waals surface area (Å²) in [5.41, 5.74) is 6.70. The predicted octanol–water partition coefficient (Wildman–Crippen LogP) is -1.03. The van der Waals surface area contributed by atoms with Crippen molar-refractivity contribution in [3.63, 3.8) is 0 Å². The van der Waals surface area contributed by atoms with Gasteiger partial charge in [-0.25, -0.2) is 9.50 Å². The molecular weight excluding hydrogens is 290 g/mol. The molecule has 2 heterocycles. The van der Waals surface area contributed by atoms with Crippen LogP contribution in [0.1, 0.15) is 24.3 Å². The summed E-state index contributed by atoms with van der Waals surface area (Å²) in [6.45, 7) is 0.621. The van der Waals surface area contributed by atoms with Gasteiger partial charge in [0.2, 0.25) is 0 Å². The van der Waals surface area contributed by atoms with Gasteiger partial charge in [-0.1, -0.05) is 0 Å². The van der Waals surface area contributed by atoms with Crippen molar-refractivity contribution >= 4 is 11.3 Å². The van der Waals surface area contributed by atoms with E-state index in [-0.39, 0.29) is 11.4 Å². The quantitative estimate of drug-likeness (QED) is 0.529. The Bertz CT molecular complexity index is 694. The van der Waals surface area contributed by atoms with E-state index in [4.69, 9.17) is 10.5 Å². The molecule has 0 spiro atoms. The molecule has 2 aromatic rings. The van der Waals surface area contributed by atoms with Crippen LogP contribution in [0.3, 0.4) is 0 Å². The first-order chi connectivity index (χ1) is 10.5. The van der Waals surface area contributed by atoms with Gasteiger partial charge < -0.3 is 25.8 Å². The van der Waals surface area contributed by atoms with Crippen LogP contribution in [0.2, 0.25) is 0 Å². The minimum absolute atomic E-state index is 0.128. The number of hydrogen-bond donors (Lipinski definition) is 4. The summed E-state index contributed by atoms with van der Waals surface area (Å²) in [7, 11) is 0. The monoisotopic (exact) mass is 307 g/mol. The second-order valence-corrected chi connectivity index (χ2v) is 4.77. The summed E-state index contributed by atoms with van der Waals surface area (Å²) >= 11 is 0.